The zero-order valence-corrected chi connectivity index (χ0v) is 14.0. The Morgan fingerprint density at radius 2 is 1.95 bits per heavy atom. The zero-order valence-electron chi connectivity index (χ0n) is 12.5. The summed E-state index contributed by atoms with van der Waals surface area (Å²) in [6.45, 7) is 5.05. The van der Waals surface area contributed by atoms with Crippen LogP contribution < -0.4 is 10.1 Å². The van der Waals surface area contributed by atoms with E-state index in [0.717, 1.165) is 39.3 Å². The van der Waals surface area contributed by atoms with E-state index in [0.29, 0.717) is 27.9 Å². The summed E-state index contributed by atoms with van der Waals surface area (Å²) in [5, 5.41) is 3.53. The summed E-state index contributed by atoms with van der Waals surface area (Å²) >= 11 is 12.1. The quantitative estimate of drug-likeness (QED) is 0.804. The fourth-order valence-electron chi connectivity index (χ4n) is 2.32. The number of methoxy groups -OCH3 is 1. The molecule has 1 aromatic rings. The van der Waals surface area contributed by atoms with Gasteiger partial charge in [0.2, 0.25) is 0 Å². The van der Waals surface area contributed by atoms with Crippen LogP contribution in [0.1, 0.15) is 16.8 Å². The number of morpholine rings is 1. The first kappa shape index (κ1) is 17.3. The van der Waals surface area contributed by atoms with Gasteiger partial charge in [0, 0.05) is 25.2 Å². The first-order valence-electron chi connectivity index (χ1n) is 7.23. The predicted octanol–water partition coefficient (Wildman–Crippen LogP) is 2.45. The largest absolute Gasteiger partial charge is 0.494 e. The van der Waals surface area contributed by atoms with Crippen molar-refractivity contribution in [2.24, 2.45) is 0 Å². The SMILES string of the molecule is COc1c(Cl)cc(C(=O)NCCCN2CCOCC2)cc1Cl. The molecule has 0 bridgehead atoms. The molecule has 1 amide bonds. The lowest BCUT2D eigenvalue weighted by Crippen LogP contribution is -2.38. The molecular formula is C15H20Cl2N2O3. The number of benzene rings is 1. The van der Waals surface area contributed by atoms with Gasteiger partial charge in [-0.1, -0.05) is 23.2 Å². The van der Waals surface area contributed by atoms with Crippen LogP contribution in [0.25, 0.3) is 0 Å². The van der Waals surface area contributed by atoms with Crippen molar-refractivity contribution < 1.29 is 14.3 Å². The van der Waals surface area contributed by atoms with Gasteiger partial charge in [-0.3, -0.25) is 9.69 Å². The Kier molecular flexibility index (Phi) is 6.76. The van der Waals surface area contributed by atoms with Gasteiger partial charge in [0.1, 0.15) is 0 Å². The number of hydrogen-bond acceptors (Lipinski definition) is 4. The summed E-state index contributed by atoms with van der Waals surface area (Å²) in [7, 11) is 1.48. The first-order chi connectivity index (χ1) is 10.6. The minimum Gasteiger partial charge on any atom is -0.494 e. The van der Waals surface area contributed by atoms with Crippen molar-refractivity contribution in [3.05, 3.63) is 27.7 Å². The monoisotopic (exact) mass is 346 g/mol. The fourth-order valence-corrected chi connectivity index (χ4v) is 2.96. The second-order valence-electron chi connectivity index (χ2n) is 5.04. The van der Waals surface area contributed by atoms with E-state index in [9.17, 15) is 4.79 Å². The second kappa shape index (κ2) is 8.58. The Morgan fingerprint density at radius 3 is 2.55 bits per heavy atom. The molecule has 0 atom stereocenters. The lowest BCUT2D eigenvalue weighted by molar-refractivity contribution is 0.0374. The maximum absolute atomic E-state index is 12.1. The molecule has 1 N–H and O–H groups in total. The highest BCUT2D eigenvalue weighted by Gasteiger charge is 2.14. The van der Waals surface area contributed by atoms with Gasteiger partial charge in [0.25, 0.3) is 5.91 Å². The summed E-state index contributed by atoms with van der Waals surface area (Å²) in [4.78, 5) is 14.4. The van der Waals surface area contributed by atoms with Crippen molar-refractivity contribution in [2.45, 2.75) is 6.42 Å². The highest BCUT2D eigenvalue weighted by Crippen LogP contribution is 2.33. The summed E-state index contributed by atoms with van der Waals surface area (Å²) < 4.78 is 10.4. The molecule has 7 heteroatoms. The van der Waals surface area contributed by atoms with Crippen LogP contribution >= 0.6 is 23.2 Å². The van der Waals surface area contributed by atoms with Crippen LogP contribution in [0, 0.1) is 0 Å². The Morgan fingerprint density at radius 1 is 1.32 bits per heavy atom. The topological polar surface area (TPSA) is 50.8 Å². The Labute approximate surface area is 140 Å². The normalized spacial score (nSPS) is 15.6. The molecule has 0 aliphatic carbocycles. The summed E-state index contributed by atoms with van der Waals surface area (Å²) in [6.07, 6.45) is 0.892. The minimum atomic E-state index is -0.187. The van der Waals surface area contributed by atoms with Crippen molar-refractivity contribution in [1.29, 1.82) is 0 Å². The smallest absolute Gasteiger partial charge is 0.251 e. The number of amides is 1. The van der Waals surface area contributed by atoms with Crippen LogP contribution in [0.3, 0.4) is 0 Å². The van der Waals surface area contributed by atoms with Crippen LogP contribution in [0.5, 0.6) is 5.75 Å². The van der Waals surface area contributed by atoms with Crippen molar-refractivity contribution in [3.63, 3.8) is 0 Å². The average molecular weight is 347 g/mol. The summed E-state index contributed by atoms with van der Waals surface area (Å²) in [5.41, 5.74) is 0.433. The van der Waals surface area contributed by atoms with Crippen LogP contribution in [-0.4, -0.2) is 57.3 Å². The number of hydrogen-bond donors (Lipinski definition) is 1. The highest BCUT2D eigenvalue weighted by atomic mass is 35.5. The molecule has 1 aromatic carbocycles. The summed E-state index contributed by atoms with van der Waals surface area (Å²) in [6, 6.07) is 3.12. The lowest BCUT2D eigenvalue weighted by Gasteiger charge is -2.26. The highest BCUT2D eigenvalue weighted by molar-refractivity contribution is 6.37. The van der Waals surface area contributed by atoms with Gasteiger partial charge < -0.3 is 14.8 Å². The molecule has 0 spiro atoms. The van der Waals surface area contributed by atoms with Gasteiger partial charge in [-0.2, -0.15) is 0 Å². The average Bonchev–Trinajstić information content (AvgIpc) is 2.52. The molecule has 1 saturated heterocycles. The molecule has 0 saturated carbocycles. The molecular weight excluding hydrogens is 327 g/mol. The van der Waals surface area contributed by atoms with E-state index in [1.807, 2.05) is 0 Å². The maximum Gasteiger partial charge on any atom is 0.251 e. The third-order valence-corrected chi connectivity index (χ3v) is 4.07. The van der Waals surface area contributed by atoms with Gasteiger partial charge in [-0.05, 0) is 25.1 Å². The molecule has 1 aliphatic rings. The van der Waals surface area contributed by atoms with Crippen LogP contribution in [-0.2, 0) is 4.74 Å². The minimum absolute atomic E-state index is 0.187. The third-order valence-electron chi connectivity index (χ3n) is 3.50. The molecule has 0 radical (unpaired) electrons. The van der Waals surface area contributed by atoms with Crippen molar-refractivity contribution in [2.75, 3.05) is 46.5 Å². The fraction of sp³-hybridized carbons (Fsp3) is 0.533. The Balaban J connectivity index is 1.79. The van der Waals surface area contributed by atoms with Gasteiger partial charge in [0.15, 0.2) is 5.75 Å². The van der Waals surface area contributed by atoms with Crippen LogP contribution in [0.4, 0.5) is 0 Å². The molecule has 1 fully saturated rings. The van der Waals surface area contributed by atoms with E-state index >= 15 is 0 Å². The van der Waals surface area contributed by atoms with E-state index in [1.165, 1.54) is 7.11 Å². The molecule has 2 rings (SSSR count). The molecule has 0 aromatic heterocycles. The van der Waals surface area contributed by atoms with E-state index in [-0.39, 0.29) is 5.91 Å². The molecule has 122 valence electrons. The van der Waals surface area contributed by atoms with Crippen LogP contribution in [0.2, 0.25) is 10.0 Å². The van der Waals surface area contributed by atoms with Gasteiger partial charge >= 0.3 is 0 Å². The van der Waals surface area contributed by atoms with Gasteiger partial charge in [-0.25, -0.2) is 0 Å². The lowest BCUT2D eigenvalue weighted by atomic mass is 10.2. The number of carbonyl (C=O) groups excluding carboxylic acids is 1. The van der Waals surface area contributed by atoms with E-state index in [2.05, 4.69) is 10.2 Å². The van der Waals surface area contributed by atoms with Crippen molar-refractivity contribution in [3.8, 4) is 5.75 Å². The Bertz CT molecular complexity index is 497. The number of halogens is 2. The molecule has 0 unspecified atom stereocenters. The number of rotatable bonds is 6. The van der Waals surface area contributed by atoms with Crippen molar-refractivity contribution >= 4 is 29.1 Å². The zero-order chi connectivity index (χ0) is 15.9. The number of nitrogens with zero attached hydrogens (tertiary/aromatic N) is 1. The van der Waals surface area contributed by atoms with Crippen molar-refractivity contribution in [1.82, 2.24) is 10.2 Å². The number of carbonyl (C=O) groups is 1. The number of ether oxygens (including phenoxy) is 2. The summed E-state index contributed by atoms with van der Waals surface area (Å²) in [5.74, 6) is 0.195. The second-order valence-corrected chi connectivity index (χ2v) is 5.85. The predicted molar refractivity (Wildman–Crippen MR) is 87.2 cm³/mol. The van der Waals surface area contributed by atoms with E-state index < -0.39 is 0 Å². The van der Waals surface area contributed by atoms with E-state index in [4.69, 9.17) is 32.7 Å². The molecule has 1 heterocycles. The maximum atomic E-state index is 12.1. The molecule has 5 nitrogen and oxygen atoms in total. The first-order valence-corrected chi connectivity index (χ1v) is 7.98. The van der Waals surface area contributed by atoms with Gasteiger partial charge in [-0.15, -0.1) is 0 Å². The standard InChI is InChI=1S/C15H20Cl2N2O3/c1-21-14-12(16)9-11(10-13(14)17)15(20)18-3-2-4-19-5-7-22-8-6-19/h9-10H,2-8H2,1H3,(H,18,20). The van der Waals surface area contributed by atoms with Gasteiger partial charge in [0.05, 0.1) is 30.4 Å². The van der Waals surface area contributed by atoms with Crippen LogP contribution in [0.15, 0.2) is 12.1 Å². The molecule has 22 heavy (non-hydrogen) atoms. The molecule has 1 aliphatic heterocycles. The third kappa shape index (κ3) is 4.74. The Hall–Kier alpha value is -1.01. The number of nitrogens with one attached hydrogen (secondary N) is 1. The van der Waals surface area contributed by atoms with E-state index in [1.54, 1.807) is 12.1 Å².